The van der Waals surface area contributed by atoms with Gasteiger partial charge in [-0.3, -0.25) is 9.69 Å². The van der Waals surface area contributed by atoms with E-state index in [0.29, 0.717) is 25.0 Å². The van der Waals surface area contributed by atoms with Crippen LogP contribution in [0, 0.1) is 5.92 Å². The molecule has 0 aliphatic carbocycles. The van der Waals surface area contributed by atoms with Gasteiger partial charge in [0.25, 0.3) is 0 Å². The van der Waals surface area contributed by atoms with E-state index in [4.69, 9.17) is 0 Å². The number of hydrogen-bond donors (Lipinski definition) is 0. The standard InChI is InChI=1S/C11H20N2O2/c1-9(2)6-10-7-12(3)11(15)8-13(10)4-5-14/h5,9-10H,4,6-8H2,1-3H3. The van der Waals surface area contributed by atoms with Crippen LogP contribution < -0.4 is 0 Å². The third-order valence-electron chi connectivity index (χ3n) is 2.82. The molecule has 4 nitrogen and oxygen atoms in total. The van der Waals surface area contributed by atoms with Crippen molar-refractivity contribution in [3.05, 3.63) is 0 Å². The molecule has 1 heterocycles. The molecule has 0 aromatic carbocycles. The van der Waals surface area contributed by atoms with Gasteiger partial charge in [0.15, 0.2) is 0 Å². The molecule has 0 saturated carbocycles. The lowest BCUT2D eigenvalue weighted by molar-refractivity contribution is -0.137. The Kier molecular flexibility index (Phi) is 4.27. The number of carbonyl (C=O) groups excluding carboxylic acids is 2. The average Bonchev–Trinajstić information content (AvgIpc) is 2.13. The lowest BCUT2D eigenvalue weighted by Gasteiger charge is -2.39. The Labute approximate surface area is 91.2 Å². The Morgan fingerprint density at radius 3 is 2.73 bits per heavy atom. The van der Waals surface area contributed by atoms with Gasteiger partial charge in [-0.05, 0) is 12.3 Å². The molecule has 0 N–H and O–H groups in total. The number of piperazine rings is 1. The van der Waals surface area contributed by atoms with E-state index in [1.54, 1.807) is 4.90 Å². The summed E-state index contributed by atoms with van der Waals surface area (Å²) in [6.07, 6.45) is 1.91. The zero-order valence-corrected chi connectivity index (χ0v) is 9.77. The van der Waals surface area contributed by atoms with Crippen molar-refractivity contribution in [2.24, 2.45) is 5.92 Å². The summed E-state index contributed by atoms with van der Waals surface area (Å²) >= 11 is 0. The minimum atomic E-state index is 0.108. The van der Waals surface area contributed by atoms with E-state index in [1.165, 1.54) is 0 Å². The van der Waals surface area contributed by atoms with E-state index in [-0.39, 0.29) is 5.91 Å². The Bertz CT molecular complexity index is 241. The number of aldehydes is 1. The highest BCUT2D eigenvalue weighted by atomic mass is 16.2. The molecule has 0 bridgehead atoms. The third kappa shape index (κ3) is 3.30. The predicted octanol–water partition coefficient (Wildman–Crippen LogP) is 0.374. The van der Waals surface area contributed by atoms with E-state index in [0.717, 1.165) is 19.3 Å². The molecule has 1 rings (SSSR count). The predicted molar refractivity (Wildman–Crippen MR) is 58.5 cm³/mol. The first-order chi connectivity index (χ1) is 7.04. The van der Waals surface area contributed by atoms with Crippen LogP contribution in [0.5, 0.6) is 0 Å². The van der Waals surface area contributed by atoms with Crippen molar-refractivity contribution in [2.75, 3.05) is 26.7 Å². The molecule has 1 atom stereocenters. The normalized spacial score (nSPS) is 23.6. The van der Waals surface area contributed by atoms with Crippen LogP contribution in [0.25, 0.3) is 0 Å². The molecule has 1 unspecified atom stereocenters. The monoisotopic (exact) mass is 212 g/mol. The summed E-state index contributed by atoms with van der Waals surface area (Å²) in [5.41, 5.74) is 0. The second-order valence-electron chi connectivity index (χ2n) is 4.65. The van der Waals surface area contributed by atoms with Crippen molar-refractivity contribution >= 4 is 12.2 Å². The summed E-state index contributed by atoms with van der Waals surface area (Å²) in [4.78, 5) is 25.7. The number of hydrogen-bond acceptors (Lipinski definition) is 3. The van der Waals surface area contributed by atoms with Gasteiger partial charge in [-0.15, -0.1) is 0 Å². The van der Waals surface area contributed by atoms with Crippen LogP contribution in [0.15, 0.2) is 0 Å². The van der Waals surface area contributed by atoms with Gasteiger partial charge in [0.05, 0.1) is 13.1 Å². The molecular weight excluding hydrogens is 192 g/mol. The van der Waals surface area contributed by atoms with Crippen LogP contribution in [-0.2, 0) is 9.59 Å². The highest BCUT2D eigenvalue weighted by Gasteiger charge is 2.29. The van der Waals surface area contributed by atoms with Gasteiger partial charge < -0.3 is 9.69 Å². The first kappa shape index (κ1) is 12.2. The number of carbonyl (C=O) groups is 2. The Morgan fingerprint density at radius 1 is 1.53 bits per heavy atom. The van der Waals surface area contributed by atoms with Crippen LogP contribution in [-0.4, -0.2) is 54.7 Å². The smallest absolute Gasteiger partial charge is 0.236 e. The second-order valence-corrected chi connectivity index (χ2v) is 4.65. The minimum absolute atomic E-state index is 0.108. The lowest BCUT2D eigenvalue weighted by atomic mass is 10.00. The van der Waals surface area contributed by atoms with E-state index in [2.05, 4.69) is 13.8 Å². The molecule has 0 radical (unpaired) electrons. The SMILES string of the molecule is CC(C)CC1CN(C)C(=O)CN1CC=O. The van der Waals surface area contributed by atoms with Gasteiger partial charge in [-0.25, -0.2) is 0 Å². The molecule has 1 amide bonds. The second kappa shape index (κ2) is 5.26. The third-order valence-corrected chi connectivity index (χ3v) is 2.82. The highest BCUT2D eigenvalue weighted by molar-refractivity contribution is 5.79. The molecule has 86 valence electrons. The Balaban J connectivity index is 2.62. The van der Waals surface area contributed by atoms with Crippen molar-refractivity contribution in [1.82, 2.24) is 9.80 Å². The zero-order chi connectivity index (χ0) is 11.4. The molecule has 1 aliphatic heterocycles. The summed E-state index contributed by atoms with van der Waals surface area (Å²) in [6.45, 7) is 5.82. The Hall–Kier alpha value is -0.900. The van der Waals surface area contributed by atoms with Crippen LogP contribution in [0.3, 0.4) is 0 Å². The van der Waals surface area contributed by atoms with Gasteiger partial charge in [-0.1, -0.05) is 13.8 Å². The number of amides is 1. The fraction of sp³-hybridized carbons (Fsp3) is 0.818. The molecule has 0 spiro atoms. The van der Waals surface area contributed by atoms with Gasteiger partial charge in [0, 0.05) is 19.6 Å². The van der Waals surface area contributed by atoms with Gasteiger partial charge in [-0.2, -0.15) is 0 Å². The van der Waals surface area contributed by atoms with Crippen LogP contribution in [0.4, 0.5) is 0 Å². The molecule has 1 aliphatic rings. The summed E-state index contributed by atoms with van der Waals surface area (Å²) in [6, 6.07) is 0.331. The molecule has 1 fully saturated rings. The fourth-order valence-electron chi connectivity index (χ4n) is 2.03. The summed E-state index contributed by atoms with van der Waals surface area (Å²) in [7, 11) is 1.83. The number of nitrogens with zero attached hydrogens (tertiary/aromatic N) is 2. The summed E-state index contributed by atoms with van der Waals surface area (Å²) in [5, 5.41) is 0. The van der Waals surface area contributed by atoms with Crippen molar-refractivity contribution in [3.8, 4) is 0 Å². The quantitative estimate of drug-likeness (QED) is 0.632. The zero-order valence-electron chi connectivity index (χ0n) is 9.77. The molecule has 15 heavy (non-hydrogen) atoms. The van der Waals surface area contributed by atoms with Gasteiger partial charge in [0.1, 0.15) is 6.29 Å². The Morgan fingerprint density at radius 2 is 2.20 bits per heavy atom. The van der Waals surface area contributed by atoms with Crippen molar-refractivity contribution < 1.29 is 9.59 Å². The molecular formula is C11H20N2O2. The largest absolute Gasteiger partial charge is 0.343 e. The van der Waals surface area contributed by atoms with E-state index < -0.39 is 0 Å². The maximum Gasteiger partial charge on any atom is 0.236 e. The number of rotatable bonds is 4. The van der Waals surface area contributed by atoms with E-state index in [1.807, 2.05) is 11.9 Å². The molecule has 1 saturated heterocycles. The van der Waals surface area contributed by atoms with Crippen LogP contribution >= 0.6 is 0 Å². The number of likely N-dealkylation sites (N-methyl/N-ethyl adjacent to an activating group) is 1. The van der Waals surface area contributed by atoms with Crippen LogP contribution in [0.2, 0.25) is 0 Å². The molecule has 4 heteroatoms. The van der Waals surface area contributed by atoms with E-state index in [9.17, 15) is 9.59 Å². The maximum absolute atomic E-state index is 11.5. The first-order valence-corrected chi connectivity index (χ1v) is 5.46. The molecule has 0 aromatic heterocycles. The maximum atomic E-state index is 11.5. The van der Waals surface area contributed by atoms with Crippen molar-refractivity contribution in [2.45, 2.75) is 26.3 Å². The van der Waals surface area contributed by atoms with Crippen molar-refractivity contribution in [1.29, 1.82) is 0 Å². The summed E-state index contributed by atoms with van der Waals surface area (Å²) < 4.78 is 0. The first-order valence-electron chi connectivity index (χ1n) is 5.46. The fourth-order valence-corrected chi connectivity index (χ4v) is 2.03. The van der Waals surface area contributed by atoms with E-state index >= 15 is 0 Å². The van der Waals surface area contributed by atoms with Crippen LogP contribution in [0.1, 0.15) is 20.3 Å². The molecule has 0 aromatic rings. The average molecular weight is 212 g/mol. The van der Waals surface area contributed by atoms with Crippen molar-refractivity contribution in [3.63, 3.8) is 0 Å². The van der Waals surface area contributed by atoms with Gasteiger partial charge >= 0.3 is 0 Å². The topological polar surface area (TPSA) is 40.6 Å². The minimum Gasteiger partial charge on any atom is -0.343 e. The lowest BCUT2D eigenvalue weighted by Crippen LogP contribution is -2.55. The highest BCUT2D eigenvalue weighted by Crippen LogP contribution is 2.16. The van der Waals surface area contributed by atoms with Gasteiger partial charge in [0.2, 0.25) is 5.91 Å². The summed E-state index contributed by atoms with van der Waals surface area (Å²) in [5.74, 6) is 0.697.